The van der Waals surface area contributed by atoms with Gasteiger partial charge in [0.1, 0.15) is 38.0 Å². The molecule has 0 aliphatic heterocycles. The zero-order chi connectivity index (χ0) is 41.8. The van der Waals surface area contributed by atoms with Crippen LogP contribution in [0.3, 0.4) is 0 Å². The molecular formula is C50H66O9. The van der Waals surface area contributed by atoms with Crippen molar-refractivity contribution < 1.29 is 43.0 Å². The highest BCUT2D eigenvalue weighted by atomic mass is 16.7. The topological polar surface area (TPSA) is 94.1 Å². The summed E-state index contributed by atoms with van der Waals surface area (Å²) in [6.07, 6.45) is 1.72. The molecule has 9 nitrogen and oxygen atoms in total. The van der Waals surface area contributed by atoms with Crippen molar-refractivity contribution in [1.29, 1.82) is 0 Å². The Hall–Kier alpha value is -3.74. The average molecular weight is 811 g/mol. The Bertz CT molecular complexity index is 1720. The number of hydrogen-bond donors (Lipinski definition) is 1. The van der Waals surface area contributed by atoms with Crippen LogP contribution in [0.15, 0.2) is 133 Å². The van der Waals surface area contributed by atoms with Gasteiger partial charge in [-0.05, 0) is 40.5 Å². The summed E-state index contributed by atoms with van der Waals surface area (Å²) in [5.74, 6) is 0.438. The minimum atomic E-state index is -0.641. The molecule has 6 rings (SSSR count). The highest BCUT2D eigenvalue weighted by Crippen LogP contribution is 2.39. The molecule has 10 atom stereocenters. The Kier molecular flexibility index (Phi) is 19.7. The Labute approximate surface area is 352 Å². The molecule has 4 aromatic carbocycles. The third-order valence-electron chi connectivity index (χ3n) is 11.5. The fourth-order valence-electron chi connectivity index (χ4n) is 8.23. The lowest BCUT2D eigenvalue weighted by molar-refractivity contribution is -0.247. The molecule has 1 fully saturated rings. The highest BCUT2D eigenvalue weighted by molar-refractivity contribution is 5.20. The fourth-order valence-corrected chi connectivity index (χ4v) is 8.23. The second-order valence-electron chi connectivity index (χ2n) is 15.4. The first-order valence-electron chi connectivity index (χ1n) is 21.1. The summed E-state index contributed by atoms with van der Waals surface area (Å²) in [5.41, 5.74) is 5.81. The molecule has 59 heavy (non-hydrogen) atoms. The fraction of sp³-hybridized carbons (Fsp3) is 0.480. The molecule has 2 aliphatic rings. The van der Waals surface area contributed by atoms with Crippen LogP contribution in [0.2, 0.25) is 0 Å². The Morgan fingerprint density at radius 3 is 1.31 bits per heavy atom. The van der Waals surface area contributed by atoms with Crippen LogP contribution in [0.1, 0.15) is 62.8 Å². The molecule has 0 saturated heterocycles. The van der Waals surface area contributed by atoms with Crippen LogP contribution in [0.5, 0.6) is 0 Å². The number of rotatable bonds is 20. The predicted octanol–water partition coefficient (Wildman–Crippen LogP) is 9.32. The van der Waals surface area contributed by atoms with E-state index in [-0.39, 0.29) is 55.8 Å². The van der Waals surface area contributed by atoms with Gasteiger partial charge in [0.25, 0.3) is 0 Å². The van der Waals surface area contributed by atoms with Gasteiger partial charge in [0, 0.05) is 20.1 Å². The Morgan fingerprint density at radius 1 is 0.475 bits per heavy atom. The zero-order valence-corrected chi connectivity index (χ0v) is 35.8. The number of ether oxygens (including phenoxy) is 8. The summed E-state index contributed by atoms with van der Waals surface area (Å²) in [7, 11) is 3.22. The Morgan fingerprint density at radius 2 is 0.881 bits per heavy atom. The van der Waals surface area contributed by atoms with Gasteiger partial charge in [0.15, 0.2) is 0 Å². The molecule has 1 N–H and O–H groups in total. The first-order chi connectivity index (χ1) is 28.9. The minimum absolute atomic E-state index is 0.0594. The van der Waals surface area contributed by atoms with Gasteiger partial charge in [0.2, 0.25) is 0 Å². The second-order valence-corrected chi connectivity index (χ2v) is 15.4. The molecule has 0 heterocycles. The molecule has 0 amide bonds. The first kappa shape index (κ1) is 46.3. The van der Waals surface area contributed by atoms with Crippen LogP contribution >= 0.6 is 0 Å². The molecule has 0 radical (unpaired) electrons. The highest BCUT2D eigenvalue weighted by Gasteiger charge is 2.50. The van der Waals surface area contributed by atoms with E-state index < -0.39 is 18.3 Å². The molecular weight excluding hydrogens is 745 g/mol. The molecule has 1 saturated carbocycles. The van der Waals surface area contributed by atoms with Crippen molar-refractivity contribution >= 4 is 0 Å². The van der Waals surface area contributed by atoms with E-state index in [2.05, 4.69) is 70.2 Å². The number of methoxy groups -OCH3 is 2. The summed E-state index contributed by atoms with van der Waals surface area (Å²) < 4.78 is 47.8. The maximum absolute atomic E-state index is 11.1. The summed E-state index contributed by atoms with van der Waals surface area (Å²) in [4.78, 5) is 0. The lowest BCUT2D eigenvalue weighted by atomic mass is 9.72. The minimum Gasteiger partial charge on any atom is -0.390 e. The smallest absolute Gasteiger partial charge is 0.147 e. The molecule has 4 aromatic rings. The third-order valence-corrected chi connectivity index (χ3v) is 11.5. The van der Waals surface area contributed by atoms with Crippen LogP contribution in [-0.4, -0.2) is 75.6 Å². The number of aliphatic hydroxyl groups excluding tert-OH is 1. The summed E-state index contributed by atoms with van der Waals surface area (Å²) in [6, 6.07) is 40.6. The van der Waals surface area contributed by atoms with E-state index in [1.165, 1.54) is 5.57 Å². The van der Waals surface area contributed by atoms with Crippen LogP contribution in [0.4, 0.5) is 0 Å². The van der Waals surface area contributed by atoms with Crippen molar-refractivity contribution in [3.05, 3.63) is 155 Å². The molecule has 0 bridgehead atoms. The van der Waals surface area contributed by atoms with Gasteiger partial charge in [-0.1, -0.05) is 167 Å². The van der Waals surface area contributed by atoms with E-state index in [0.717, 1.165) is 35.1 Å². The number of hydrogen-bond acceptors (Lipinski definition) is 9. The van der Waals surface area contributed by atoms with Crippen molar-refractivity contribution in [2.75, 3.05) is 27.8 Å². The second kappa shape index (κ2) is 25.1. The molecule has 320 valence electrons. The van der Waals surface area contributed by atoms with Crippen molar-refractivity contribution in [3.8, 4) is 0 Å². The van der Waals surface area contributed by atoms with Gasteiger partial charge >= 0.3 is 0 Å². The van der Waals surface area contributed by atoms with Gasteiger partial charge in [0.05, 0.1) is 44.7 Å². The number of benzene rings is 4. The SMILES string of the molecule is CCC1=C[C@@H](OCOC)[C@H](OCc2ccccc2)[C@@H](OCc2ccccc2)[C@@H]1C.CC[C@@H]1[C@@H](C)[C@H](OCc2ccccc2)[C@@H](OCc2ccccc2)[C@H](OCOC)[C@H]1O. The molecule has 9 heteroatoms. The van der Waals surface area contributed by atoms with Gasteiger partial charge in [-0.15, -0.1) is 0 Å². The van der Waals surface area contributed by atoms with E-state index in [1.54, 1.807) is 14.2 Å². The molecule has 2 aliphatic carbocycles. The van der Waals surface area contributed by atoms with E-state index >= 15 is 0 Å². The predicted molar refractivity (Wildman–Crippen MR) is 230 cm³/mol. The van der Waals surface area contributed by atoms with Gasteiger partial charge in [-0.25, -0.2) is 0 Å². The van der Waals surface area contributed by atoms with Gasteiger partial charge in [-0.3, -0.25) is 0 Å². The zero-order valence-electron chi connectivity index (χ0n) is 35.8. The van der Waals surface area contributed by atoms with Gasteiger partial charge in [-0.2, -0.15) is 0 Å². The monoisotopic (exact) mass is 810 g/mol. The summed E-state index contributed by atoms with van der Waals surface area (Å²) in [5, 5.41) is 11.1. The van der Waals surface area contributed by atoms with Crippen LogP contribution < -0.4 is 0 Å². The van der Waals surface area contributed by atoms with Crippen LogP contribution in [-0.2, 0) is 64.3 Å². The summed E-state index contributed by atoms with van der Waals surface area (Å²) in [6.45, 7) is 10.9. The standard InChI is InChI=1S/C25H34O5.C25H32O4/c1-4-21-18(2)23(28-15-19-11-7-5-8-12-19)25(24(22(21)26)30-17-27-3)29-16-20-13-9-6-10-14-20;1-4-22-15-23(29-18-26-3)25(28-17-21-13-9-6-10-14-21)24(19(22)2)27-16-20-11-7-5-8-12-20/h5-14,18,21-26H,4,15-17H2,1-3H3;5-15,19,23-25H,4,16-18H2,1-3H3/t18-,21-,22+,23+,24-,25-;19-,23-,24+,25+/m11/s1. The normalized spacial score (nSPS) is 26.7. The maximum atomic E-state index is 11.1. The lowest BCUT2D eigenvalue weighted by Gasteiger charge is -2.48. The first-order valence-corrected chi connectivity index (χ1v) is 21.1. The largest absolute Gasteiger partial charge is 0.390 e. The van der Waals surface area contributed by atoms with E-state index in [0.29, 0.717) is 26.4 Å². The summed E-state index contributed by atoms with van der Waals surface area (Å²) >= 11 is 0. The molecule has 0 spiro atoms. The van der Waals surface area contributed by atoms with Crippen molar-refractivity contribution in [2.24, 2.45) is 17.8 Å². The van der Waals surface area contributed by atoms with Gasteiger partial charge < -0.3 is 43.0 Å². The van der Waals surface area contributed by atoms with Crippen molar-refractivity contribution in [3.63, 3.8) is 0 Å². The van der Waals surface area contributed by atoms with Crippen molar-refractivity contribution in [1.82, 2.24) is 0 Å². The molecule has 0 unspecified atom stereocenters. The lowest BCUT2D eigenvalue weighted by Crippen LogP contribution is -2.60. The van der Waals surface area contributed by atoms with Crippen LogP contribution in [0, 0.1) is 17.8 Å². The average Bonchev–Trinajstić information content (AvgIpc) is 3.28. The molecule has 0 aromatic heterocycles. The van der Waals surface area contributed by atoms with Crippen LogP contribution in [0.25, 0.3) is 0 Å². The van der Waals surface area contributed by atoms with E-state index in [9.17, 15) is 5.11 Å². The van der Waals surface area contributed by atoms with E-state index in [4.69, 9.17) is 37.9 Å². The number of aliphatic hydroxyl groups is 1. The quantitative estimate of drug-likeness (QED) is 0.0693. The third kappa shape index (κ3) is 13.6. The maximum Gasteiger partial charge on any atom is 0.147 e. The van der Waals surface area contributed by atoms with E-state index in [1.807, 2.05) is 84.9 Å². The van der Waals surface area contributed by atoms with Crippen molar-refractivity contribution in [2.45, 2.75) is 110 Å². The Balaban J connectivity index is 0.000000224.